The van der Waals surface area contributed by atoms with E-state index in [0.717, 1.165) is 18.4 Å². The van der Waals surface area contributed by atoms with E-state index in [1.165, 1.54) is 11.3 Å². The fourth-order valence-corrected chi connectivity index (χ4v) is 3.83. The van der Waals surface area contributed by atoms with Gasteiger partial charge in [0.2, 0.25) is 5.91 Å². The van der Waals surface area contributed by atoms with Gasteiger partial charge in [-0.2, -0.15) is 0 Å². The van der Waals surface area contributed by atoms with Crippen LogP contribution in [-0.2, 0) is 4.79 Å². The fraction of sp³-hybridized carbons (Fsp3) is 0.150. The van der Waals surface area contributed by atoms with Crippen LogP contribution < -0.4 is 10.6 Å². The summed E-state index contributed by atoms with van der Waals surface area (Å²) in [7, 11) is 0. The van der Waals surface area contributed by atoms with Crippen LogP contribution in [0.1, 0.15) is 23.2 Å². The molecule has 0 aliphatic heterocycles. The van der Waals surface area contributed by atoms with Crippen molar-refractivity contribution in [1.29, 1.82) is 0 Å². The van der Waals surface area contributed by atoms with Crippen LogP contribution in [0.25, 0.3) is 11.3 Å². The minimum atomic E-state index is -0.275. The Kier molecular flexibility index (Phi) is 5.35. The maximum Gasteiger partial charge on any atom is 0.257 e. The molecule has 1 saturated carbocycles. The second-order valence-electron chi connectivity index (χ2n) is 6.46. The molecule has 142 valence electrons. The lowest BCUT2D eigenvalue weighted by molar-refractivity contribution is -0.117. The van der Waals surface area contributed by atoms with Gasteiger partial charge < -0.3 is 5.32 Å². The predicted octanol–water partition coefficient (Wildman–Crippen LogP) is 5.72. The van der Waals surface area contributed by atoms with E-state index < -0.39 is 0 Å². The van der Waals surface area contributed by atoms with Crippen molar-refractivity contribution in [3.05, 3.63) is 63.5 Å². The van der Waals surface area contributed by atoms with Gasteiger partial charge in [0.1, 0.15) is 0 Å². The van der Waals surface area contributed by atoms with Gasteiger partial charge in [-0.05, 0) is 55.3 Å². The third-order valence-corrected chi connectivity index (χ3v) is 5.60. The molecule has 0 radical (unpaired) electrons. The number of benzene rings is 2. The van der Waals surface area contributed by atoms with Crippen LogP contribution in [0, 0.1) is 5.92 Å². The zero-order chi connectivity index (χ0) is 19.7. The Morgan fingerprint density at radius 1 is 1.04 bits per heavy atom. The summed E-state index contributed by atoms with van der Waals surface area (Å²) < 4.78 is 0. The van der Waals surface area contributed by atoms with Crippen molar-refractivity contribution in [2.45, 2.75) is 12.8 Å². The normalized spacial score (nSPS) is 13.2. The zero-order valence-corrected chi connectivity index (χ0v) is 16.9. The Morgan fingerprint density at radius 2 is 1.79 bits per heavy atom. The highest BCUT2D eigenvalue weighted by Gasteiger charge is 2.29. The van der Waals surface area contributed by atoms with Crippen LogP contribution in [0.3, 0.4) is 0 Å². The number of carbonyl (C=O) groups is 2. The lowest BCUT2D eigenvalue weighted by atomic mass is 10.2. The molecule has 0 unspecified atom stereocenters. The summed E-state index contributed by atoms with van der Waals surface area (Å²) >= 11 is 13.4. The van der Waals surface area contributed by atoms with Crippen LogP contribution in [0.5, 0.6) is 0 Å². The minimum absolute atomic E-state index is 0.0355. The summed E-state index contributed by atoms with van der Waals surface area (Å²) in [6, 6.07) is 12.0. The molecule has 1 aliphatic rings. The molecule has 0 saturated heterocycles. The number of hydrogen-bond donors (Lipinski definition) is 2. The van der Waals surface area contributed by atoms with E-state index in [1.807, 2.05) is 5.38 Å². The second kappa shape index (κ2) is 7.91. The van der Waals surface area contributed by atoms with E-state index in [2.05, 4.69) is 15.6 Å². The molecule has 1 aliphatic carbocycles. The lowest BCUT2D eigenvalue weighted by Crippen LogP contribution is -2.14. The molecule has 28 heavy (non-hydrogen) atoms. The van der Waals surface area contributed by atoms with Crippen LogP contribution >= 0.6 is 34.5 Å². The van der Waals surface area contributed by atoms with E-state index in [9.17, 15) is 9.59 Å². The van der Waals surface area contributed by atoms with Gasteiger partial charge in [0.15, 0.2) is 5.13 Å². The van der Waals surface area contributed by atoms with Crippen molar-refractivity contribution >= 4 is 57.2 Å². The number of halogens is 2. The minimum Gasteiger partial charge on any atom is -0.326 e. The van der Waals surface area contributed by atoms with Crippen molar-refractivity contribution < 1.29 is 9.59 Å². The maximum atomic E-state index is 12.4. The first kappa shape index (κ1) is 18.9. The molecular weight excluding hydrogens is 417 g/mol. The maximum absolute atomic E-state index is 12.4. The first-order valence-electron chi connectivity index (χ1n) is 8.63. The number of aromatic nitrogens is 1. The summed E-state index contributed by atoms with van der Waals surface area (Å²) in [4.78, 5) is 28.7. The third-order valence-electron chi connectivity index (χ3n) is 4.29. The topological polar surface area (TPSA) is 71.1 Å². The predicted molar refractivity (Wildman–Crippen MR) is 113 cm³/mol. The smallest absolute Gasteiger partial charge is 0.257 e. The number of anilines is 2. The molecule has 0 atom stereocenters. The number of nitrogens with one attached hydrogen (secondary N) is 2. The number of amides is 2. The SMILES string of the molecule is O=C(Nc1nc(-c2ccc(Cl)cc2Cl)cs1)c1ccc(NC(=O)C2CC2)cc1. The van der Waals surface area contributed by atoms with Gasteiger partial charge >= 0.3 is 0 Å². The van der Waals surface area contributed by atoms with Crippen LogP contribution in [0.15, 0.2) is 47.8 Å². The molecule has 2 N–H and O–H groups in total. The molecule has 5 nitrogen and oxygen atoms in total. The van der Waals surface area contributed by atoms with Gasteiger partial charge in [-0.25, -0.2) is 4.98 Å². The van der Waals surface area contributed by atoms with E-state index in [-0.39, 0.29) is 17.7 Å². The Balaban J connectivity index is 1.42. The monoisotopic (exact) mass is 431 g/mol. The highest BCUT2D eigenvalue weighted by molar-refractivity contribution is 7.14. The van der Waals surface area contributed by atoms with Crippen molar-refractivity contribution in [1.82, 2.24) is 4.98 Å². The second-order valence-corrected chi connectivity index (χ2v) is 8.16. The summed E-state index contributed by atoms with van der Waals surface area (Å²) in [5, 5.41) is 8.97. The molecule has 0 bridgehead atoms. The molecule has 8 heteroatoms. The van der Waals surface area contributed by atoms with E-state index >= 15 is 0 Å². The third kappa shape index (κ3) is 4.35. The van der Waals surface area contributed by atoms with Crippen molar-refractivity contribution in [3.63, 3.8) is 0 Å². The molecule has 2 amide bonds. The Hall–Kier alpha value is -2.41. The first-order chi connectivity index (χ1) is 13.5. The van der Waals surface area contributed by atoms with Crippen molar-refractivity contribution in [2.75, 3.05) is 10.6 Å². The highest BCUT2D eigenvalue weighted by atomic mass is 35.5. The van der Waals surface area contributed by atoms with Crippen LogP contribution in [-0.4, -0.2) is 16.8 Å². The van der Waals surface area contributed by atoms with Crippen LogP contribution in [0.2, 0.25) is 10.0 Å². The summed E-state index contributed by atoms with van der Waals surface area (Å²) in [5.41, 5.74) is 2.58. The lowest BCUT2D eigenvalue weighted by Gasteiger charge is -2.06. The van der Waals surface area contributed by atoms with E-state index in [4.69, 9.17) is 23.2 Å². The molecule has 0 spiro atoms. The molecular formula is C20H15Cl2N3O2S. The molecule has 1 aromatic heterocycles. The Labute approximate surface area is 175 Å². The molecule has 1 heterocycles. The molecule has 3 aromatic rings. The fourth-order valence-electron chi connectivity index (χ4n) is 2.62. The standard InChI is InChI=1S/C20H15Cl2N3O2S/c21-13-5-8-15(16(22)9-13)17-10-28-20(24-17)25-19(27)12-3-6-14(7-4-12)23-18(26)11-1-2-11/h3-11H,1-2H2,(H,23,26)(H,24,25,27). The van der Waals surface area contributed by atoms with Gasteiger partial charge in [0.25, 0.3) is 5.91 Å². The number of thiazole rings is 1. The van der Waals surface area contributed by atoms with Gasteiger partial charge in [-0.3, -0.25) is 14.9 Å². The quantitative estimate of drug-likeness (QED) is 0.542. The van der Waals surface area contributed by atoms with E-state index in [1.54, 1.807) is 42.5 Å². The number of nitrogens with zero attached hydrogens (tertiary/aromatic N) is 1. The Bertz CT molecular complexity index is 1050. The van der Waals surface area contributed by atoms with Crippen LogP contribution in [0.4, 0.5) is 10.8 Å². The summed E-state index contributed by atoms with van der Waals surface area (Å²) in [6.45, 7) is 0. The Morgan fingerprint density at radius 3 is 2.46 bits per heavy atom. The first-order valence-corrected chi connectivity index (χ1v) is 10.3. The van der Waals surface area contributed by atoms with Crippen molar-refractivity contribution in [2.24, 2.45) is 5.92 Å². The van der Waals surface area contributed by atoms with Crippen molar-refractivity contribution in [3.8, 4) is 11.3 Å². The molecule has 4 rings (SSSR count). The highest BCUT2D eigenvalue weighted by Crippen LogP contribution is 2.32. The number of hydrogen-bond acceptors (Lipinski definition) is 4. The average molecular weight is 432 g/mol. The molecule has 2 aromatic carbocycles. The largest absolute Gasteiger partial charge is 0.326 e. The van der Waals surface area contributed by atoms with Gasteiger partial charge in [-0.15, -0.1) is 11.3 Å². The van der Waals surface area contributed by atoms with Gasteiger partial charge in [0.05, 0.1) is 10.7 Å². The van der Waals surface area contributed by atoms with Gasteiger partial charge in [0, 0.05) is 33.1 Å². The zero-order valence-electron chi connectivity index (χ0n) is 14.5. The number of carbonyl (C=O) groups excluding carboxylic acids is 2. The van der Waals surface area contributed by atoms with E-state index in [0.29, 0.717) is 32.1 Å². The average Bonchev–Trinajstić information content (AvgIpc) is 3.43. The number of rotatable bonds is 5. The summed E-state index contributed by atoms with van der Waals surface area (Å²) in [6.07, 6.45) is 1.90. The summed E-state index contributed by atoms with van der Waals surface area (Å²) in [5.74, 6) is -0.104. The van der Waals surface area contributed by atoms with Gasteiger partial charge in [-0.1, -0.05) is 23.2 Å². The molecule has 1 fully saturated rings.